The molecule has 1 aromatic carbocycles. The molecule has 0 spiro atoms. The molecule has 2 atom stereocenters. The van der Waals surface area contributed by atoms with E-state index >= 15 is 0 Å². The lowest BCUT2D eigenvalue weighted by Crippen LogP contribution is -2.33. The minimum Gasteiger partial charge on any atom is -0.356 e. The second-order valence-corrected chi connectivity index (χ2v) is 6.39. The van der Waals surface area contributed by atoms with E-state index in [1.54, 1.807) is 0 Å². The molecule has 0 aliphatic heterocycles. The molecule has 1 aromatic rings. The van der Waals surface area contributed by atoms with Gasteiger partial charge in [0.2, 0.25) is 5.91 Å². The predicted molar refractivity (Wildman–Crippen MR) is 94.4 cm³/mol. The highest BCUT2D eigenvalue weighted by molar-refractivity contribution is 14.1. The van der Waals surface area contributed by atoms with Crippen LogP contribution in [-0.2, 0) is 4.79 Å². The van der Waals surface area contributed by atoms with Crippen molar-refractivity contribution in [3.63, 3.8) is 0 Å². The van der Waals surface area contributed by atoms with Crippen LogP contribution in [0.2, 0.25) is 0 Å². The van der Waals surface area contributed by atoms with Gasteiger partial charge in [0.25, 0.3) is 0 Å². The maximum absolute atomic E-state index is 12.5. The van der Waals surface area contributed by atoms with Crippen molar-refractivity contribution in [2.45, 2.75) is 45.4 Å². The van der Waals surface area contributed by atoms with Gasteiger partial charge in [0.05, 0.1) is 5.92 Å². The Morgan fingerprint density at radius 1 is 1.20 bits per heavy atom. The highest BCUT2D eigenvalue weighted by Crippen LogP contribution is 2.27. The third-order valence-electron chi connectivity index (χ3n) is 3.76. The first-order valence-corrected chi connectivity index (χ1v) is 9.11. The van der Waals surface area contributed by atoms with Gasteiger partial charge < -0.3 is 5.32 Å². The third kappa shape index (κ3) is 5.81. The zero-order chi connectivity index (χ0) is 14.8. The molecule has 0 radical (unpaired) electrons. The van der Waals surface area contributed by atoms with Crippen molar-refractivity contribution >= 4 is 28.5 Å². The number of amides is 1. The summed E-state index contributed by atoms with van der Waals surface area (Å²) in [5.74, 6) is 0.526. The third-order valence-corrected chi connectivity index (χ3v) is 4.53. The van der Waals surface area contributed by atoms with Crippen LogP contribution in [0.15, 0.2) is 30.3 Å². The van der Waals surface area contributed by atoms with E-state index in [1.165, 1.54) is 17.3 Å². The van der Waals surface area contributed by atoms with Gasteiger partial charge >= 0.3 is 0 Å². The number of carbonyl (C=O) groups excluding carboxylic acids is 1. The highest BCUT2D eigenvalue weighted by atomic mass is 127. The van der Waals surface area contributed by atoms with Gasteiger partial charge in [0, 0.05) is 6.54 Å². The molecule has 1 rings (SSSR count). The lowest BCUT2D eigenvalue weighted by molar-refractivity contribution is -0.123. The van der Waals surface area contributed by atoms with Gasteiger partial charge in [0.1, 0.15) is 0 Å². The van der Waals surface area contributed by atoms with Gasteiger partial charge in [-0.05, 0) is 28.8 Å². The number of nitrogens with one attached hydrogen (secondary N) is 1. The molecule has 0 aliphatic rings. The number of unbranched alkanes of at least 4 members (excludes halogenated alkanes) is 2. The van der Waals surface area contributed by atoms with Crippen molar-refractivity contribution in [3.8, 4) is 0 Å². The first-order chi connectivity index (χ1) is 9.70. The van der Waals surface area contributed by atoms with E-state index in [4.69, 9.17) is 0 Å². The van der Waals surface area contributed by atoms with Crippen molar-refractivity contribution < 1.29 is 4.79 Å². The second kappa shape index (κ2) is 10.2. The van der Waals surface area contributed by atoms with Crippen molar-refractivity contribution in [2.24, 2.45) is 5.92 Å². The van der Waals surface area contributed by atoms with E-state index in [2.05, 4.69) is 53.9 Å². The van der Waals surface area contributed by atoms with Crippen LogP contribution in [0.4, 0.5) is 0 Å². The monoisotopic (exact) mass is 387 g/mol. The highest BCUT2D eigenvalue weighted by Gasteiger charge is 2.25. The van der Waals surface area contributed by atoms with Crippen LogP contribution in [0.3, 0.4) is 0 Å². The molecule has 2 unspecified atom stereocenters. The molecule has 2 nitrogen and oxygen atoms in total. The van der Waals surface area contributed by atoms with Crippen molar-refractivity contribution in [1.29, 1.82) is 0 Å². The number of carbonyl (C=O) groups is 1. The lowest BCUT2D eigenvalue weighted by atomic mass is 9.85. The van der Waals surface area contributed by atoms with Gasteiger partial charge in [-0.1, -0.05) is 79.6 Å². The van der Waals surface area contributed by atoms with Crippen LogP contribution in [0, 0.1) is 5.92 Å². The average Bonchev–Trinajstić information content (AvgIpc) is 2.48. The Hall–Kier alpha value is -0.580. The minimum atomic E-state index is -0.0224. The molecular weight excluding hydrogens is 361 g/mol. The smallest absolute Gasteiger partial charge is 0.227 e. The van der Waals surface area contributed by atoms with Gasteiger partial charge in [-0.25, -0.2) is 0 Å². The Balaban J connectivity index is 2.58. The Bertz CT molecular complexity index is 380. The molecule has 0 fully saturated rings. The molecule has 3 heteroatoms. The van der Waals surface area contributed by atoms with Gasteiger partial charge in [-0.15, -0.1) is 0 Å². The van der Waals surface area contributed by atoms with Crippen molar-refractivity contribution in [2.75, 3.05) is 11.0 Å². The molecule has 0 aliphatic carbocycles. The molecule has 20 heavy (non-hydrogen) atoms. The van der Waals surface area contributed by atoms with Crippen molar-refractivity contribution in [1.82, 2.24) is 5.32 Å². The molecule has 0 bridgehead atoms. The van der Waals surface area contributed by atoms with E-state index in [0.29, 0.717) is 5.92 Å². The van der Waals surface area contributed by atoms with E-state index in [0.717, 1.165) is 24.9 Å². The Labute approximate surface area is 136 Å². The van der Waals surface area contributed by atoms with E-state index in [-0.39, 0.29) is 11.8 Å². The summed E-state index contributed by atoms with van der Waals surface area (Å²) in [7, 11) is 0. The summed E-state index contributed by atoms with van der Waals surface area (Å²) in [5.41, 5.74) is 1.13. The molecule has 112 valence electrons. The summed E-state index contributed by atoms with van der Waals surface area (Å²) in [6.45, 7) is 5.11. The maximum Gasteiger partial charge on any atom is 0.227 e. The SMILES string of the molecule is CCC(C)C(C(=O)NCCCCCI)c1ccccc1. The normalized spacial score (nSPS) is 13.8. The van der Waals surface area contributed by atoms with Crippen LogP contribution in [0.1, 0.15) is 51.0 Å². The molecule has 1 amide bonds. The summed E-state index contributed by atoms with van der Waals surface area (Å²) in [5, 5.41) is 3.11. The predicted octanol–water partition coefficient (Wildman–Crippen LogP) is 4.54. The molecule has 0 saturated carbocycles. The lowest BCUT2D eigenvalue weighted by Gasteiger charge is -2.22. The van der Waals surface area contributed by atoms with Crippen LogP contribution < -0.4 is 5.32 Å². The van der Waals surface area contributed by atoms with Crippen LogP contribution in [0.25, 0.3) is 0 Å². The Morgan fingerprint density at radius 2 is 1.90 bits per heavy atom. The molecular formula is C17H26INO. The fraction of sp³-hybridized carbons (Fsp3) is 0.588. The van der Waals surface area contributed by atoms with Crippen LogP contribution in [-0.4, -0.2) is 16.9 Å². The minimum absolute atomic E-state index is 0.0224. The fourth-order valence-electron chi connectivity index (χ4n) is 2.35. The maximum atomic E-state index is 12.5. The van der Waals surface area contributed by atoms with E-state index in [1.807, 2.05) is 18.2 Å². The van der Waals surface area contributed by atoms with Gasteiger partial charge in [0.15, 0.2) is 0 Å². The number of benzene rings is 1. The van der Waals surface area contributed by atoms with Gasteiger partial charge in [-0.3, -0.25) is 4.79 Å². The first-order valence-electron chi connectivity index (χ1n) is 7.59. The molecule has 1 N–H and O–H groups in total. The number of rotatable bonds is 9. The number of alkyl halides is 1. The largest absolute Gasteiger partial charge is 0.356 e. The van der Waals surface area contributed by atoms with Crippen molar-refractivity contribution in [3.05, 3.63) is 35.9 Å². The summed E-state index contributed by atoms with van der Waals surface area (Å²) in [6, 6.07) is 10.1. The van der Waals surface area contributed by atoms with E-state index in [9.17, 15) is 4.79 Å². The second-order valence-electron chi connectivity index (χ2n) is 5.31. The standard InChI is InChI=1S/C17H26INO/c1-3-14(2)16(15-10-6-4-7-11-15)17(20)19-13-9-5-8-12-18/h4,6-7,10-11,14,16H,3,5,8-9,12-13H2,1-2H3,(H,19,20). The van der Waals surface area contributed by atoms with Crippen LogP contribution in [0.5, 0.6) is 0 Å². The quantitative estimate of drug-likeness (QED) is 0.376. The summed E-state index contributed by atoms with van der Waals surface area (Å²) < 4.78 is 1.20. The Morgan fingerprint density at radius 3 is 2.50 bits per heavy atom. The summed E-state index contributed by atoms with van der Waals surface area (Å²) >= 11 is 2.40. The topological polar surface area (TPSA) is 29.1 Å². The summed E-state index contributed by atoms with van der Waals surface area (Å²) in [4.78, 5) is 12.5. The number of hydrogen-bond donors (Lipinski definition) is 1. The number of halogens is 1. The Kier molecular flexibility index (Phi) is 8.90. The first kappa shape index (κ1) is 17.5. The summed E-state index contributed by atoms with van der Waals surface area (Å²) in [6.07, 6.45) is 4.53. The molecule has 0 heterocycles. The van der Waals surface area contributed by atoms with E-state index < -0.39 is 0 Å². The molecule has 0 aromatic heterocycles. The molecule has 0 saturated heterocycles. The zero-order valence-electron chi connectivity index (χ0n) is 12.6. The van der Waals surface area contributed by atoms with Gasteiger partial charge in [-0.2, -0.15) is 0 Å². The average molecular weight is 387 g/mol. The van der Waals surface area contributed by atoms with Crippen LogP contribution >= 0.6 is 22.6 Å². The zero-order valence-corrected chi connectivity index (χ0v) is 14.7. The fourth-order valence-corrected chi connectivity index (χ4v) is 2.89. The number of hydrogen-bond acceptors (Lipinski definition) is 1.